The average Bonchev–Trinajstić information content (AvgIpc) is 3.34. The van der Waals surface area contributed by atoms with Crippen LogP contribution in [0.1, 0.15) is 38.4 Å². The van der Waals surface area contributed by atoms with E-state index < -0.39 is 0 Å². The summed E-state index contributed by atoms with van der Waals surface area (Å²) in [6.45, 7) is 4.13. The highest BCUT2D eigenvalue weighted by atomic mass is 32.2. The average molecular weight is 411 g/mol. The molecule has 0 radical (unpaired) electrons. The summed E-state index contributed by atoms with van der Waals surface area (Å²) >= 11 is 1.41. The Morgan fingerprint density at radius 1 is 1.21 bits per heavy atom. The van der Waals surface area contributed by atoms with Crippen molar-refractivity contribution in [2.45, 2.75) is 50.7 Å². The number of carbonyl (C=O) groups is 1. The molecule has 0 bridgehead atoms. The number of carbonyl (C=O) groups excluding carboxylic acids is 1. The number of rotatable bonds is 6. The van der Waals surface area contributed by atoms with E-state index in [0.717, 1.165) is 23.4 Å². The minimum atomic E-state index is 0.0532. The van der Waals surface area contributed by atoms with Gasteiger partial charge in [0.15, 0.2) is 11.0 Å². The van der Waals surface area contributed by atoms with E-state index in [1.165, 1.54) is 31.0 Å². The lowest BCUT2D eigenvalue weighted by molar-refractivity contribution is -0.119. The lowest BCUT2D eigenvalue weighted by atomic mass is 9.86. The molecule has 0 aliphatic heterocycles. The Kier molecular flexibility index (Phi) is 6.04. The summed E-state index contributed by atoms with van der Waals surface area (Å²) in [5.74, 6) is 2.42. The fraction of sp³-hybridized carbons (Fsp3) is 0.409. The highest BCUT2D eigenvalue weighted by Gasteiger charge is 2.24. The fourth-order valence-electron chi connectivity index (χ4n) is 3.87. The Bertz CT molecular complexity index is 966. The first-order valence-corrected chi connectivity index (χ1v) is 11.1. The maximum Gasteiger partial charge on any atom is 0.230 e. The van der Waals surface area contributed by atoms with E-state index in [9.17, 15) is 4.79 Å². The molecule has 0 spiro atoms. The molecule has 1 amide bonds. The van der Waals surface area contributed by atoms with Crippen molar-refractivity contribution >= 4 is 17.7 Å². The second kappa shape index (κ2) is 8.86. The number of nitrogens with one attached hydrogen (secondary N) is 1. The van der Waals surface area contributed by atoms with Gasteiger partial charge >= 0.3 is 0 Å². The Morgan fingerprint density at radius 3 is 2.72 bits per heavy atom. The Hall–Kier alpha value is -2.54. The van der Waals surface area contributed by atoms with Crippen LogP contribution in [0.4, 0.5) is 0 Å². The molecule has 3 aromatic rings. The zero-order valence-corrected chi connectivity index (χ0v) is 17.6. The monoisotopic (exact) mass is 410 g/mol. The third-order valence-corrected chi connectivity index (χ3v) is 6.47. The molecule has 1 aromatic carbocycles. The van der Waals surface area contributed by atoms with Crippen molar-refractivity contribution in [3.8, 4) is 17.1 Å². The molecule has 2 atom stereocenters. The van der Waals surface area contributed by atoms with Crippen molar-refractivity contribution in [3.05, 3.63) is 48.4 Å². The molecule has 29 heavy (non-hydrogen) atoms. The van der Waals surface area contributed by atoms with Crippen molar-refractivity contribution in [2.24, 2.45) is 5.92 Å². The van der Waals surface area contributed by atoms with E-state index in [-0.39, 0.29) is 11.9 Å². The van der Waals surface area contributed by atoms with Crippen molar-refractivity contribution in [1.29, 1.82) is 0 Å². The number of aryl methyl sites for hydroxylation is 1. The molecule has 1 aliphatic carbocycles. The van der Waals surface area contributed by atoms with E-state index in [4.69, 9.17) is 4.42 Å². The normalized spacial score (nSPS) is 19.2. The Labute approximate surface area is 175 Å². The van der Waals surface area contributed by atoms with Gasteiger partial charge in [0.05, 0.1) is 17.6 Å². The molecule has 6 nitrogen and oxygen atoms in total. The van der Waals surface area contributed by atoms with Crippen molar-refractivity contribution < 1.29 is 9.21 Å². The molecule has 2 aromatic heterocycles. The van der Waals surface area contributed by atoms with E-state index in [2.05, 4.69) is 22.4 Å². The summed E-state index contributed by atoms with van der Waals surface area (Å²) < 4.78 is 7.44. The Balaban J connectivity index is 1.54. The lowest BCUT2D eigenvalue weighted by Gasteiger charge is -2.29. The Morgan fingerprint density at radius 2 is 2.00 bits per heavy atom. The van der Waals surface area contributed by atoms with E-state index in [0.29, 0.717) is 22.7 Å². The molecular weight excluding hydrogens is 384 g/mol. The maximum absolute atomic E-state index is 12.6. The van der Waals surface area contributed by atoms with Crippen LogP contribution in [0.25, 0.3) is 17.1 Å². The SMILES string of the molecule is Cc1occc1-c1nnc(SCC(=O)N[C@H]2CCCC[C@H]2C)n1-c1ccccc1. The van der Waals surface area contributed by atoms with Gasteiger partial charge < -0.3 is 9.73 Å². The zero-order chi connectivity index (χ0) is 20.2. The third kappa shape index (κ3) is 4.40. The number of para-hydroxylation sites is 1. The van der Waals surface area contributed by atoms with Crippen LogP contribution in [0.3, 0.4) is 0 Å². The second-order valence-electron chi connectivity index (χ2n) is 7.59. The largest absolute Gasteiger partial charge is 0.469 e. The number of benzene rings is 1. The van der Waals surface area contributed by atoms with Crippen LogP contribution in [-0.2, 0) is 4.79 Å². The van der Waals surface area contributed by atoms with Gasteiger partial charge in [0, 0.05) is 11.7 Å². The second-order valence-corrected chi connectivity index (χ2v) is 8.53. The number of nitrogens with zero attached hydrogens (tertiary/aromatic N) is 3. The van der Waals surface area contributed by atoms with Crippen LogP contribution in [0, 0.1) is 12.8 Å². The number of hydrogen-bond donors (Lipinski definition) is 1. The van der Waals surface area contributed by atoms with Crippen LogP contribution in [-0.4, -0.2) is 32.5 Å². The van der Waals surface area contributed by atoms with E-state index in [1.54, 1.807) is 6.26 Å². The predicted molar refractivity (Wildman–Crippen MR) is 114 cm³/mol. The molecule has 0 saturated heterocycles. The van der Waals surface area contributed by atoms with Crippen molar-refractivity contribution in [3.63, 3.8) is 0 Å². The van der Waals surface area contributed by atoms with Gasteiger partial charge in [-0.1, -0.05) is 49.7 Å². The minimum Gasteiger partial charge on any atom is -0.469 e. The van der Waals surface area contributed by atoms with E-state index in [1.807, 2.05) is 47.9 Å². The summed E-state index contributed by atoms with van der Waals surface area (Å²) in [4.78, 5) is 12.6. The predicted octanol–water partition coefficient (Wildman–Crippen LogP) is 4.62. The van der Waals surface area contributed by atoms with Gasteiger partial charge in [-0.15, -0.1) is 10.2 Å². The van der Waals surface area contributed by atoms with Crippen molar-refractivity contribution in [2.75, 3.05) is 5.75 Å². The summed E-state index contributed by atoms with van der Waals surface area (Å²) in [6, 6.07) is 12.1. The molecule has 0 unspecified atom stereocenters. The maximum atomic E-state index is 12.6. The highest BCUT2D eigenvalue weighted by molar-refractivity contribution is 7.99. The van der Waals surface area contributed by atoms with Crippen LogP contribution in [0.15, 0.2) is 52.2 Å². The number of amides is 1. The molecule has 7 heteroatoms. The minimum absolute atomic E-state index is 0.0532. The quantitative estimate of drug-likeness (QED) is 0.600. The molecule has 4 rings (SSSR count). The summed E-state index contributed by atoms with van der Waals surface area (Å²) in [6.07, 6.45) is 6.37. The van der Waals surface area contributed by atoms with Crippen LogP contribution < -0.4 is 5.32 Å². The molecule has 2 heterocycles. The van der Waals surface area contributed by atoms with Gasteiger partial charge in [-0.2, -0.15) is 0 Å². The van der Waals surface area contributed by atoms with Crippen LogP contribution >= 0.6 is 11.8 Å². The molecule has 1 N–H and O–H groups in total. The van der Waals surface area contributed by atoms with Gasteiger partial charge in [0.1, 0.15) is 5.76 Å². The molecule has 1 fully saturated rings. The van der Waals surface area contributed by atoms with Gasteiger partial charge in [0.2, 0.25) is 5.91 Å². The first-order valence-electron chi connectivity index (χ1n) is 10.1. The smallest absolute Gasteiger partial charge is 0.230 e. The number of hydrogen-bond acceptors (Lipinski definition) is 5. The zero-order valence-electron chi connectivity index (χ0n) is 16.8. The first-order chi connectivity index (χ1) is 14.1. The van der Waals surface area contributed by atoms with Gasteiger partial charge in [0.25, 0.3) is 0 Å². The summed E-state index contributed by atoms with van der Waals surface area (Å²) in [5.41, 5.74) is 1.85. The molecule has 1 aliphatic rings. The van der Waals surface area contributed by atoms with Gasteiger partial charge in [-0.25, -0.2) is 0 Å². The van der Waals surface area contributed by atoms with Crippen LogP contribution in [0.2, 0.25) is 0 Å². The number of thioether (sulfide) groups is 1. The first kappa shape index (κ1) is 19.8. The third-order valence-electron chi connectivity index (χ3n) is 5.54. The number of aromatic nitrogens is 3. The standard InChI is InChI=1S/C22H26N4O2S/c1-15-8-6-7-11-19(15)23-20(27)14-29-22-25-24-21(18-12-13-28-16(18)2)26(22)17-9-4-3-5-10-17/h3-5,9-10,12-13,15,19H,6-8,11,14H2,1-2H3,(H,23,27)/t15-,19+/m1/s1. The van der Waals surface area contributed by atoms with Gasteiger partial charge in [-0.05, 0) is 43.9 Å². The fourth-order valence-corrected chi connectivity index (χ4v) is 4.64. The highest BCUT2D eigenvalue weighted by Crippen LogP contribution is 2.30. The number of furan rings is 1. The van der Waals surface area contributed by atoms with Crippen LogP contribution in [0.5, 0.6) is 0 Å². The lowest BCUT2D eigenvalue weighted by Crippen LogP contribution is -2.41. The molecule has 152 valence electrons. The van der Waals surface area contributed by atoms with Gasteiger partial charge in [-0.3, -0.25) is 9.36 Å². The van der Waals surface area contributed by atoms with E-state index >= 15 is 0 Å². The van der Waals surface area contributed by atoms with Crippen molar-refractivity contribution in [1.82, 2.24) is 20.1 Å². The topological polar surface area (TPSA) is 72.9 Å². The molecular formula is C22H26N4O2S. The summed E-state index contributed by atoms with van der Waals surface area (Å²) in [5, 5.41) is 12.7. The molecule has 1 saturated carbocycles. The summed E-state index contributed by atoms with van der Waals surface area (Å²) in [7, 11) is 0.